The van der Waals surface area contributed by atoms with Gasteiger partial charge >= 0.3 is 5.97 Å². The van der Waals surface area contributed by atoms with Gasteiger partial charge < -0.3 is 10.1 Å². The fourth-order valence-electron chi connectivity index (χ4n) is 3.32. The number of nitrogens with one attached hydrogen (secondary N) is 2. The van der Waals surface area contributed by atoms with Gasteiger partial charge in [-0.15, -0.1) is 0 Å². The number of anilines is 1. The number of methoxy groups -OCH3 is 1. The summed E-state index contributed by atoms with van der Waals surface area (Å²) < 4.78 is 32.1. The van der Waals surface area contributed by atoms with E-state index in [9.17, 15) is 18.0 Å². The van der Waals surface area contributed by atoms with Crippen LogP contribution in [0.3, 0.4) is 0 Å². The van der Waals surface area contributed by atoms with Gasteiger partial charge in [-0.3, -0.25) is 4.79 Å². The van der Waals surface area contributed by atoms with Gasteiger partial charge in [-0.25, -0.2) is 17.9 Å². The summed E-state index contributed by atoms with van der Waals surface area (Å²) in [6.45, 7) is 4.22. The molecule has 3 aromatic carbocycles. The maximum Gasteiger partial charge on any atom is 0.343 e. The van der Waals surface area contributed by atoms with Gasteiger partial charge in [0.15, 0.2) is 0 Å². The molecule has 0 saturated heterocycles. The van der Waals surface area contributed by atoms with Crippen molar-refractivity contribution in [1.29, 1.82) is 5.26 Å². The van der Waals surface area contributed by atoms with E-state index in [0.717, 1.165) is 11.1 Å². The molecular weight excluding hydrogens is 490 g/mol. The topological polar surface area (TPSA) is 125 Å². The number of nitriles is 1. The largest absolute Gasteiger partial charge is 0.465 e. The lowest BCUT2D eigenvalue weighted by Crippen LogP contribution is -2.27. The van der Waals surface area contributed by atoms with Crippen LogP contribution >= 0.6 is 0 Å². The average Bonchev–Trinajstić information content (AvgIpc) is 2.90. The highest BCUT2D eigenvalue weighted by Gasteiger charge is 2.20. The van der Waals surface area contributed by atoms with Crippen molar-refractivity contribution in [3.63, 3.8) is 0 Å². The first-order chi connectivity index (χ1) is 17.6. The van der Waals surface area contributed by atoms with E-state index in [1.807, 2.05) is 19.9 Å². The molecule has 0 aromatic heterocycles. The van der Waals surface area contributed by atoms with Crippen LogP contribution in [0.15, 0.2) is 83.3 Å². The van der Waals surface area contributed by atoms with Crippen molar-refractivity contribution in [2.75, 3.05) is 19.0 Å². The molecule has 0 saturated carbocycles. The van der Waals surface area contributed by atoms with Crippen LogP contribution in [-0.2, 0) is 24.3 Å². The first kappa shape index (κ1) is 27.3. The average molecular weight is 518 g/mol. The molecule has 2 N–H and O–H groups in total. The van der Waals surface area contributed by atoms with Gasteiger partial charge in [0.1, 0.15) is 5.57 Å². The minimum Gasteiger partial charge on any atom is -0.465 e. The smallest absolute Gasteiger partial charge is 0.343 e. The lowest BCUT2D eigenvalue weighted by atomic mass is 10.1. The Balaban J connectivity index is 1.75. The molecule has 0 bridgehead atoms. The predicted octanol–water partition coefficient (Wildman–Crippen LogP) is 4.35. The highest BCUT2D eigenvalue weighted by atomic mass is 32.2. The molecule has 0 radical (unpaired) electrons. The van der Waals surface area contributed by atoms with E-state index in [1.165, 1.54) is 13.2 Å². The zero-order valence-electron chi connectivity index (χ0n) is 20.7. The standard InChI is InChI=1S/C28H27N3O5S/c1-19(2)18-30-37(34,35)25-13-9-23(10-14-25)22-7-11-24(12-8-22)31-27(32)26(28(33)36-3)16-20-5-4-6-21(15-20)17-29/h4-16,19,30H,18H2,1-3H3,(H,31,32). The summed E-state index contributed by atoms with van der Waals surface area (Å²) in [5.74, 6) is -1.28. The third-order valence-corrected chi connectivity index (χ3v) is 6.74. The summed E-state index contributed by atoms with van der Waals surface area (Å²) in [4.78, 5) is 25.3. The molecule has 3 aromatic rings. The first-order valence-corrected chi connectivity index (χ1v) is 12.9. The number of carbonyl (C=O) groups excluding carboxylic acids is 2. The van der Waals surface area contributed by atoms with Crippen molar-refractivity contribution in [1.82, 2.24) is 4.72 Å². The van der Waals surface area contributed by atoms with Crippen molar-refractivity contribution in [3.8, 4) is 17.2 Å². The minimum atomic E-state index is -3.58. The van der Waals surface area contributed by atoms with Gasteiger partial charge in [0, 0.05) is 12.2 Å². The number of esters is 1. The SMILES string of the molecule is COC(=O)C(=Cc1cccc(C#N)c1)C(=O)Nc1ccc(-c2ccc(S(=O)(=O)NCC(C)C)cc2)cc1. The fourth-order valence-corrected chi connectivity index (χ4v) is 4.54. The van der Waals surface area contributed by atoms with Crippen LogP contribution < -0.4 is 10.0 Å². The number of nitrogens with zero attached hydrogens (tertiary/aromatic N) is 1. The maximum atomic E-state index is 12.8. The summed E-state index contributed by atoms with van der Waals surface area (Å²) in [5.41, 5.74) is 2.75. The number of hydrogen-bond acceptors (Lipinski definition) is 6. The highest BCUT2D eigenvalue weighted by Crippen LogP contribution is 2.24. The van der Waals surface area contributed by atoms with E-state index in [4.69, 9.17) is 10.00 Å². The van der Waals surface area contributed by atoms with E-state index in [2.05, 4.69) is 10.0 Å². The number of benzene rings is 3. The Bertz CT molecular complexity index is 1450. The Hall–Kier alpha value is -4.26. The van der Waals surface area contributed by atoms with Crippen LogP contribution in [0.2, 0.25) is 0 Å². The van der Waals surface area contributed by atoms with E-state index in [-0.39, 0.29) is 16.4 Å². The molecule has 9 heteroatoms. The molecule has 190 valence electrons. The fraction of sp³-hybridized carbons (Fsp3) is 0.179. The molecule has 0 aliphatic heterocycles. The number of carbonyl (C=O) groups is 2. The van der Waals surface area contributed by atoms with Gasteiger partial charge in [-0.2, -0.15) is 5.26 Å². The van der Waals surface area contributed by atoms with E-state index in [0.29, 0.717) is 23.4 Å². The van der Waals surface area contributed by atoms with Gasteiger partial charge in [-0.05, 0) is 65.1 Å². The zero-order chi connectivity index (χ0) is 27.0. The number of rotatable bonds is 9. The highest BCUT2D eigenvalue weighted by molar-refractivity contribution is 7.89. The third kappa shape index (κ3) is 7.36. The molecule has 3 rings (SSSR count). The Labute approximate surface area is 216 Å². The first-order valence-electron chi connectivity index (χ1n) is 11.4. The Morgan fingerprint density at radius 3 is 2.19 bits per heavy atom. The maximum absolute atomic E-state index is 12.8. The molecule has 37 heavy (non-hydrogen) atoms. The van der Waals surface area contributed by atoms with Crippen LogP contribution in [0, 0.1) is 17.2 Å². The molecule has 0 atom stereocenters. The molecule has 1 amide bonds. The molecule has 0 aliphatic carbocycles. The van der Waals surface area contributed by atoms with Gasteiger partial charge in [-0.1, -0.05) is 50.2 Å². The second-order valence-corrected chi connectivity index (χ2v) is 10.4. The quantitative estimate of drug-likeness (QED) is 0.188. The second kappa shape index (κ2) is 12.1. The number of hydrogen-bond donors (Lipinski definition) is 2. The van der Waals surface area contributed by atoms with E-state index >= 15 is 0 Å². The molecule has 0 heterocycles. The molecule has 0 spiro atoms. The monoisotopic (exact) mass is 517 g/mol. The van der Waals surface area contributed by atoms with E-state index in [1.54, 1.807) is 72.8 Å². The van der Waals surface area contributed by atoms with Crippen LogP contribution in [-0.4, -0.2) is 33.9 Å². The molecule has 8 nitrogen and oxygen atoms in total. The third-order valence-electron chi connectivity index (χ3n) is 5.30. The van der Waals surface area contributed by atoms with Crippen molar-refractivity contribution in [2.24, 2.45) is 5.92 Å². The van der Waals surface area contributed by atoms with Gasteiger partial charge in [0.2, 0.25) is 10.0 Å². The molecule has 0 fully saturated rings. The van der Waals surface area contributed by atoms with Crippen molar-refractivity contribution >= 4 is 33.7 Å². The van der Waals surface area contributed by atoms with E-state index < -0.39 is 21.9 Å². The number of ether oxygens (including phenoxy) is 1. The van der Waals surface area contributed by atoms with Crippen LogP contribution in [0.4, 0.5) is 5.69 Å². The minimum absolute atomic E-state index is 0.184. The van der Waals surface area contributed by atoms with Crippen LogP contribution in [0.25, 0.3) is 17.2 Å². The van der Waals surface area contributed by atoms with Crippen LogP contribution in [0.5, 0.6) is 0 Å². The predicted molar refractivity (Wildman–Crippen MR) is 142 cm³/mol. The van der Waals surface area contributed by atoms with Crippen LogP contribution in [0.1, 0.15) is 25.0 Å². The summed E-state index contributed by atoms with van der Waals surface area (Å²) in [5, 5.41) is 11.8. The Morgan fingerprint density at radius 2 is 1.62 bits per heavy atom. The van der Waals surface area contributed by atoms with Crippen molar-refractivity contribution < 1.29 is 22.7 Å². The molecule has 0 unspecified atom stereocenters. The van der Waals surface area contributed by atoms with Gasteiger partial charge in [0.25, 0.3) is 5.91 Å². The summed E-state index contributed by atoms with van der Waals surface area (Å²) in [7, 11) is -2.39. The summed E-state index contributed by atoms with van der Waals surface area (Å²) in [6.07, 6.45) is 1.36. The normalized spacial score (nSPS) is 11.6. The zero-order valence-corrected chi connectivity index (χ0v) is 21.5. The molecule has 0 aliphatic rings. The second-order valence-electron chi connectivity index (χ2n) is 8.59. The number of amides is 1. The summed E-state index contributed by atoms with van der Waals surface area (Å²) in [6, 6.07) is 21.9. The lowest BCUT2D eigenvalue weighted by Gasteiger charge is -2.10. The summed E-state index contributed by atoms with van der Waals surface area (Å²) >= 11 is 0. The Kier molecular flexibility index (Phi) is 8.95. The number of sulfonamides is 1. The van der Waals surface area contributed by atoms with Gasteiger partial charge in [0.05, 0.1) is 23.6 Å². The lowest BCUT2D eigenvalue weighted by molar-refractivity contribution is -0.137. The Morgan fingerprint density at radius 1 is 1.00 bits per heavy atom. The molecular formula is C28H27N3O5S. The van der Waals surface area contributed by atoms with Crippen molar-refractivity contribution in [2.45, 2.75) is 18.7 Å². The van der Waals surface area contributed by atoms with Crippen molar-refractivity contribution in [3.05, 3.63) is 89.5 Å².